The van der Waals surface area contributed by atoms with Crippen molar-refractivity contribution in [1.82, 2.24) is 0 Å². The Morgan fingerprint density at radius 2 is 1.79 bits per heavy atom. The molecule has 1 heteroatoms. The summed E-state index contributed by atoms with van der Waals surface area (Å²) in [6.07, 6.45) is 16.1. The monoisotopic (exact) mass is 376 g/mol. The molecule has 1 saturated carbocycles. The van der Waals surface area contributed by atoms with Crippen molar-refractivity contribution in [3.8, 4) is 5.75 Å². The van der Waals surface area contributed by atoms with Crippen LogP contribution in [0.5, 0.6) is 5.75 Å². The minimum atomic E-state index is -0.476. The second-order valence-electron chi connectivity index (χ2n) is 8.64. The largest absolute Gasteiger partial charge is 0.508 e. The number of benzene rings is 2. The maximum Gasteiger partial charge on any atom is 0.120 e. The van der Waals surface area contributed by atoms with Crippen LogP contribution in [0.3, 0.4) is 0 Å². The molecule has 4 aliphatic rings. The number of hydrogen-bond acceptors (Lipinski definition) is 1. The van der Waals surface area contributed by atoms with E-state index in [1.807, 2.05) is 12.1 Å². The topological polar surface area (TPSA) is 20.2 Å². The Bertz CT molecular complexity index is 1140. The third-order valence-electron chi connectivity index (χ3n) is 7.11. The van der Waals surface area contributed by atoms with Gasteiger partial charge in [-0.1, -0.05) is 78.9 Å². The van der Waals surface area contributed by atoms with Gasteiger partial charge in [-0.3, -0.25) is 0 Å². The SMILES string of the molecule is Cc1ccccc1C1(c2ccccc2O)C2=CC=CCC=C2C2=C1C=CC1CC21. The average Bonchev–Trinajstić information content (AvgIpc) is 3.51. The predicted octanol–water partition coefficient (Wildman–Crippen LogP) is 6.32. The fourth-order valence-corrected chi connectivity index (χ4v) is 5.81. The maximum atomic E-state index is 11.1. The van der Waals surface area contributed by atoms with Crippen LogP contribution in [-0.2, 0) is 5.41 Å². The van der Waals surface area contributed by atoms with Crippen molar-refractivity contribution < 1.29 is 5.11 Å². The molecule has 0 radical (unpaired) electrons. The van der Waals surface area contributed by atoms with Crippen molar-refractivity contribution in [2.45, 2.75) is 25.2 Å². The zero-order valence-corrected chi connectivity index (χ0v) is 16.6. The van der Waals surface area contributed by atoms with Gasteiger partial charge in [-0.05, 0) is 71.1 Å². The Morgan fingerprint density at radius 3 is 2.62 bits per heavy atom. The van der Waals surface area contributed by atoms with E-state index < -0.39 is 5.41 Å². The molecule has 142 valence electrons. The number of para-hydroxylation sites is 1. The molecule has 0 saturated heterocycles. The van der Waals surface area contributed by atoms with Gasteiger partial charge in [0.2, 0.25) is 0 Å². The number of hydrogen-bond donors (Lipinski definition) is 1. The number of phenols is 1. The number of rotatable bonds is 2. The van der Waals surface area contributed by atoms with E-state index in [0.29, 0.717) is 17.6 Å². The van der Waals surface area contributed by atoms with Crippen molar-refractivity contribution in [3.63, 3.8) is 0 Å². The molecule has 3 atom stereocenters. The van der Waals surface area contributed by atoms with Crippen LogP contribution in [0.4, 0.5) is 0 Å². The molecule has 0 bridgehead atoms. The van der Waals surface area contributed by atoms with Gasteiger partial charge in [0.15, 0.2) is 0 Å². The third kappa shape index (κ3) is 2.16. The molecule has 0 aromatic heterocycles. The van der Waals surface area contributed by atoms with E-state index in [1.54, 1.807) is 0 Å². The minimum Gasteiger partial charge on any atom is -0.508 e. The summed E-state index contributed by atoms with van der Waals surface area (Å²) in [6, 6.07) is 16.6. The molecule has 0 amide bonds. The van der Waals surface area contributed by atoms with E-state index in [-0.39, 0.29) is 0 Å². The lowest BCUT2D eigenvalue weighted by atomic mass is 9.64. The van der Waals surface area contributed by atoms with Gasteiger partial charge in [-0.25, -0.2) is 0 Å². The number of aryl methyl sites for hydroxylation is 1. The van der Waals surface area contributed by atoms with E-state index in [4.69, 9.17) is 0 Å². The molecule has 1 N–H and O–H groups in total. The number of phenolic OH excluding ortho intramolecular Hbond substituents is 1. The molecule has 0 spiro atoms. The quantitative estimate of drug-likeness (QED) is 0.651. The lowest BCUT2D eigenvalue weighted by Crippen LogP contribution is -2.31. The molecule has 2 aromatic rings. The van der Waals surface area contributed by atoms with Crippen molar-refractivity contribution in [2.75, 3.05) is 0 Å². The van der Waals surface area contributed by atoms with E-state index in [0.717, 1.165) is 12.0 Å². The Hall–Kier alpha value is -3.06. The van der Waals surface area contributed by atoms with E-state index in [2.05, 4.69) is 79.8 Å². The zero-order chi connectivity index (χ0) is 19.6. The highest BCUT2D eigenvalue weighted by Crippen LogP contribution is 2.65. The Kier molecular flexibility index (Phi) is 3.47. The highest BCUT2D eigenvalue weighted by molar-refractivity contribution is 5.80. The second kappa shape index (κ2) is 5.97. The van der Waals surface area contributed by atoms with Gasteiger partial charge in [0, 0.05) is 5.56 Å². The summed E-state index contributed by atoms with van der Waals surface area (Å²) in [6.45, 7) is 2.19. The van der Waals surface area contributed by atoms with E-state index >= 15 is 0 Å². The molecule has 29 heavy (non-hydrogen) atoms. The summed E-state index contributed by atoms with van der Waals surface area (Å²) in [7, 11) is 0. The number of allylic oxidation sites excluding steroid dienone is 10. The number of fused-ring (bicyclic) bond motifs is 4. The van der Waals surface area contributed by atoms with Crippen molar-refractivity contribution in [2.24, 2.45) is 11.8 Å². The van der Waals surface area contributed by atoms with E-state index in [9.17, 15) is 5.11 Å². The summed E-state index contributed by atoms with van der Waals surface area (Å²) >= 11 is 0. The summed E-state index contributed by atoms with van der Waals surface area (Å²) in [5.74, 6) is 1.67. The molecule has 2 aromatic carbocycles. The van der Waals surface area contributed by atoms with Crippen LogP contribution in [0.25, 0.3) is 0 Å². The summed E-state index contributed by atoms with van der Waals surface area (Å²) in [5.41, 5.74) is 8.61. The number of aromatic hydroxyl groups is 1. The van der Waals surface area contributed by atoms with E-state index in [1.165, 1.54) is 39.8 Å². The zero-order valence-electron chi connectivity index (χ0n) is 16.6. The van der Waals surface area contributed by atoms with Crippen LogP contribution in [0.2, 0.25) is 0 Å². The average molecular weight is 376 g/mol. The Labute approximate surface area is 172 Å². The van der Waals surface area contributed by atoms with Crippen LogP contribution < -0.4 is 0 Å². The van der Waals surface area contributed by atoms with Crippen LogP contribution in [0.15, 0.2) is 107 Å². The highest BCUT2D eigenvalue weighted by atomic mass is 16.3. The summed E-state index contributed by atoms with van der Waals surface area (Å²) in [4.78, 5) is 0. The third-order valence-corrected chi connectivity index (χ3v) is 7.11. The van der Waals surface area contributed by atoms with Crippen molar-refractivity contribution in [3.05, 3.63) is 124 Å². The summed E-state index contributed by atoms with van der Waals surface area (Å²) < 4.78 is 0. The Morgan fingerprint density at radius 1 is 1.00 bits per heavy atom. The first-order chi connectivity index (χ1) is 14.2. The molecular formula is C28H24O. The first-order valence-electron chi connectivity index (χ1n) is 10.6. The second-order valence-corrected chi connectivity index (χ2v) is 8.64. The molecule has 0 aliphatic heterocycles. The van der Waals surface area contributed by atoms with Crippen LogP contribution in [-0.4, -0.2) is 5.11 Å². The molecule has 0 heterocycles. The fraction of sp³-hybridized carbons (Fsp3) is 0.214. The van der Waals surface area contributed by atoms with Gasteiger partial charge in [-0.15, -0.1) is 0 Å². The smallest absolute Gasteiger partial charge is 0.120 e. The molecular weight excluding hydrogens is 352 g/mol. The van der Waals surface area contributed by atoms with Gasteiger partial charge in [-0.2, -0.15) is 0 Å². The van der Waals surface area contributed by atoms with Crippen LogP contribution >= 0.6 is 0 Å². The van der Waals surface area contributed by atoms with Crippen LogP contribution in [0.1, 0.15) is 29.5 Å². The Balaban J connectivity index is 1.79. The minimum absolute atomic E-state index is 0.365. The molecule has 6 rings (SSSR count). The molecule has 3 unspecified atom stereocenters. The van der Waals surface area contributed by atoms with Crippen molar-refractivity contribution >= 4 is 0 Å². The van der Waals surface area contributed by atoms with Gasteiger partial charge in [0.1, 0.15) is 5.75 Å². The predicted molar refractivity (Wildman–Crippen MR) is 118 cm³/mol. The standard InChI is InChI=1S/C28H24O/c1-18-9-5-6-11-22(18)28(24-13-7-8-14-26(24)29)23-12-4-2-3-10-20(23)27-21-17-19(21)15-16-25(27)28/h2,4-16,19,21,29H,3,17H2,1H3. The first kappa shape index (κ1) is 16.9. The fourth-order valence-electron chi connectivity index (χ4n) is 5.81. The normalized spacial score (nSPS) is 28.9. The highest BCUT2D eigenvalue weighted by Gasteiger charge is 2.56. The van der Waals surface area contributed by atoms with Gasteiger partial charge >= 0.3 is 0 Å². The summed E-state index contributed by atoms with van der Waals surface area (Å²) in [5, 5.41) is 11.1. The van der Waals surface area contributed by atoms with Gasteiger partial charge in [0.05, 0.1) is 5.41 Å². The maximum absolute atomic E-state index is 11.1. The van der Waals surface area contributed by atoms with Crippen molar-refractivity contribution in [1.29, 1.82) is 0 Å². The van der Waals surface area contributed by atoms with Gasteiger partial charge in [0.25, 0.3) is 0 Å². The lowest BCUT2D eigenvalue weighted by molar-refractivity contribution is 0.460. The van der Waals surface area contributed by atoms with Crippen LogP contribution in [0, 0.1) is 18.8 Å². The molecule has 1 nitrogen and oxygen atoms in total. The molecule has 1 fully saturated rings. The molecule has 4 aliphatic carbocycles. The van der Waals surface area contributed by atoms with Gasteiger partial charge < -0.3 is 5.11 Å². The lowest BCUT2D eigenvalue weighted by Gasteiger charge is -2.37. The first-order valence-corrected chi connectivity index (χ1v) is 10.6.